The highest BCUT2D eigenvalue weighted by Crippen LogP contribution is 2.19. The molecule has 0 unspecified atom stereocenters. The number of aryl methyl sites for hydroxylation is 2. The van der Waals surface area contributed by atoms with E-state index < -0.39 is 5.60 Å². The maximum atomic E-state index is 12.5. The monoisotopic (exact) mass is 294 g/mol. The third kappa shape index (κ3) is 3.07. The molecule has 1 fully saturated rings. The Morgan fingerprint density at radius 3 is 2.76 bits per heavy atom. The van der Waals surface area contributed by atoms with E-state index in [4.69, 9.17) is 4.74 Å². The fraction of sp³-hybridized carbons (Fsp3) is 0.643. The van der Waals surface area contributed by atoms with Crippen LogP contribution in [0.25, 0.3) is 0 Å². The summed E-state index contributed by atoms with van der Waals surface area (Å²) in [4.78, 5) is 26.0. The van der Waals surface area contributed by atoms with Gasteiger partial charge in [-0.15, -0.1) is 0 Å². The first-order valence-electron chi connectivity index (χ1n) is 7.01. The Morgan fingerprint density at radius 1 is 1.48 bits per heavy atom. The average molecular weight is 294 g/mol. The number of nitrogens with one attached hydrogen (secondary N) is 2. The lowest BCUT2D eigenvalue weighted by atomic mass is 10.0. The van der Waals surface area contributed by atoms with E-state index in [1.807, 2.05) is 13.8 Å². The van der Waals surface area contributed by atoms with Crippen LogP contribution in [0, 0.1) is 13.8 Å². The SMILES string of the molecule is CNC(=O)[C@@]1(C)CN(C(=O)Cc2c(C)n[nH]c2C)CCO1. The fourth-order valence-electron chi connectivity index (χ4n) is 2.58. The molecule has 0 saturated carbocycles. The van der Waals surface area contributed by atoms with Gasteiger partial charge in [0, 0.05) is 24.8 Å². The fourth-order valence-corrected chi connectivity index (χ4v) is 2.58. The largest absolute Gasteiger partial charge is 0.362 e. The van der Waals surface area contributed by atoms with Crippen LogP contribution in [-0.4, -0.2) is 59.3 Å². The molecular weight excluding hydrogens is 272 g/mol. The first-order valence-corrected chi connectivity index (χ1v) is 7.01. The second-order valence-corrected chi connectivity index (χ2v) is 5.56. The van der Waals surface area contributed by atoms with Gasteiger partial charge in [0.25, 0.3) is 5.91 Å². The van der Waals surface area contributed by atoms with E-state index in [0.717, 1.165) is 17.0 Å². The number of likely N-dealkylation sites (N-methyl/N-ethyl adjacent to an activating group) is 1. The van der Waals surface area contributed by atoms with Crippen molar-refractivity contribution in [2.45, 2.75) is 32.8 Å². The van der Waals surface area contributed by atoms with Crippen molar-refractivity contribution in [3.05, 3.63) is 17.0 Å². The van der Waals surface area contributed by atoms with Crippen molar-refractivity contribution in [1.29, 1.82) is 0 Å². The standard InChI is InChI=1S/C14H22N4O3/c1-9-11(10(2)17-16-9)7-12(19)18-5-6-21-14(3,8-18)13(20)15-4/h5-8H2,1-4H3,(H,15,20)(H,16,17)/t14-/m1/s1. The van der Waals surface area contributed by atoms with E-state index in [-0.39, 0.29) is 24.8 Å². The lowest BCUT2D eigenvalue weighted by molar-refractivity contribution is -0.162. The van der Waals surface area contributed by atoms with Crippen LogP contribution < -0.4 is 5.32 Å². The van der Waals surface area contributed by atoms with E-state index in [2.05, 4.69) is 15.5 Å². The van der Waals surface area contributed by atoms with Crippen LogP contribution in [0.3, 0.4) is 0 Å². The number of aromatic nitrogens is 2. The zero-order chi connectivity index (χ0) is 15.6. The Morgan fingerprint density at radius 2 is 2.19 bits per heavy atom. The molecular formula is C14H22N4O3. The topological polar surface area (TPSA) is 87.3 Å². The van der Waals surface area contributed by atoms with Crippen LogP contribution in [0.5, 0.6) is 0 Å². The summed E-state index contributed by atoms with van der Waals surface area (Å²) in [5.41, 5.74) is 1.68. The van der Waals surface area contributed by atoms with Crippen LogP contribution in [0.2, 0.25) is 0 Å². The van der Waals surface area contributed by atoms with Crippen molar-refractivity contribution in [3.63, 3.8) is 0 Å². The molecule has 0 spiro atoms. The Kier molecular flexibility index (Phi) is 4.32. The number of aromatic amines is 1. The number of rotatable bonds is 3. The zero-order valence-corrected chi connectivity index (χ0v) is 12.9. The van der Waals surface area contributed by atoms with Crippen molar-refractivity contribution in [3.8, 4) is 0 Å². The van der Waals surface area contributed by atoms with Crippen molar-refractivity contribution in [1.82, 2.24) is 20.4 Å². The lowest BCUT2D eigenvalue weighted by Crippen LogP contribution is -2.59. The molecule has 1 aromatic rings. The van der Waals surface area contributed by atoms with Gasteiger partial charge in [-0.3, -0.25) is 14.7 Å². The first kappa shape index (κ1) is 15.5. The summed E-state index contributed by atoms with van der Waals surface area (Å²) >= 11 is 0. The highest BCUT2D eigenvalue weighted by atomic mass is 16.5. The number of carbonyl (C=O) groups excluding carboxylic acids is 2. The number of carbonyl (C=O) groups is 2. The number of nitrogens with zero attached hydrogens (tertiary/aromatic N) is 2. The van der Waals surface area contributed by atoms with Gasteiger partial charge in [-0.2, -0.15) is 5.10 Å². The van der Waals surface area contributed by atoms with Crippen molar-refractivity contribution >= 4 is 11.8 Å². The molecule has 7 nitrogen and oxygen atoms in total. The number of amides is 2. The maximum Gasteiger partial charge on any atom is 0.253 e. The number of ether oxygens (including phenoxy) is 1. The Hall–Kier alpha value is -1.89. The van der Waals surface area contributed by atoms with E-state index in [9.17, 15) is 9.59 Å². The molecule has 116 valence electrons. The predicted octanol–water partition coefficient (Wildman–Crippen LogP) is -0.0675. The second-order valence-electron chi connectivity index (χ2n) is 5.56. The lowest BCUT2D eigenvalue weighted by Gasteiger charge is -2.39. The van der Waals surface area contributed by atoms with Gasteiger partial charge in [0.2, 0.25) is 5.91 Å². The molecule has 2 heterocycles. The molecule has 2 amide bonds. The number of hydrogen-bond donors (Lipinski definition) is 2. The van der Waals surface area contributed by atoms with E-state index in [1.54, 1.807) is 18.9 Å². The number of H-pyrrole nitrogens is 1. The van der Waals surface area contributed by atoms with Crippen LogP contribution in [0.15, 0.2) is 0 Å². The van der Waals surface area contributed by atoms with Crippen molar-refractivity contribution in [2.75, 3.05) is 26.7 Å². The molecule has 21 heavy (non-hydrogen) atoms. The molecule has 7 heteroatoms. The summed E-state index contributed by atoms with van der Waals surface area (Å²) in [6.07, 6.45) is 0.290. The maximum absolute atomic E-state index is 12.5. The Balaban J connectivity index is 2.08. The van der Waals surface area contributed by atoms with E-state index >= 15 is 0 Å². The van der Waals surface area contributed by atoms with Crippen LogP contribution in [-0.2, 0) is 20.7 Å². The molecule has 2 rings (SSSR count). The minimum absolute atomic E-state index is 0.0129. The third-order valence-corrected chi connectivity index (χ3v) is 3.94. The molecule has 1 aliphatic rings. The number of morpholine rings is 1. The molecule has 2 N–H and O–H groups in total. The van der Waals surface area contributed by atoms with E-state index in [0.29, 0.717) is 13.2 Å². The van der Waals surface area contributed by atoms with Gasteiger partial charge < -0.3 is 15.0 Å². The molecule has 1 aliphatic heterocycles. The molecule has 1 atom stereocenters. The zero-order valence-electron chi connectivity index (χ0n) is 12.9. The summed E-state index contributed by atoms with van der Waals surface area (Å²) in [5, 5.41) is 9.56. The van der Waals surface area contributed by atoms with E-state index in [1.165, 1.54) is 0 Å². The molecule has 0 radical (unpaired) electrons. The summed E-state index contributed by atoms with van der Waals surface area (Å²) in [6.45, 7) is 6.61. The summed E-state index contributed by atoms with van der Waals surface area (Å²) in [7, 11) is 1.57. The van der Waals surface area contributed by atoms with Gasteiger partial charge in [-0.1, -0.05) is 0 Å². The Bertz CT molecular complexity index is 535. The van der Waals surface area contributed by atoms with Gasteiger partial charge in [0.1, 0.15) is 0 Å². The molecule has 0 aromatic carbocycles. The van der Waals surface area contributed by atoms with Gasteiger partial charge in [-0.05, 0) is 20.8 Å². The van der Waals surface area contributed by atoms with Gasteiger partial charge in [-0.25, -0.2) is 0 Å². The minimum atomic E-state index is -0.983. The highest BCUT2D eigenvalue weighted by Gasteiger charge is 2.40. The third-order valence-electron chi connectivity index (χ3n) is 3.94. The summed E-state index contributed by atoms with van der Waals surface area (Å²) in [5.74, 6) is -0.225. The van der Waals surface area contributed by atoms with Crippen LogP contribution in [0.1, 0.15) is 23.9 Å². The predicted molar refractivity (Wildman–Crippen MR) is 76.8 cm³/mol. The molecule has 1 aromatic heterocycles. The Labute approximate surface area is 124 Å². The first-order chi connectivity index (χ1) is 9.87. The highest BCUT2D eigenvalue weighted by molar-refractivity contribution is 5.86. The normalized spacial score (nSPS) is 22.2. The van der Waals surface area contributed by atoms with Crippen molar-refractivity contribution in [2.24, 2.45) is 0 Å². The minimum Gasteiger partial charge on any atom is -0.362 e. The molecule has 0 aliphatic carbocycles. The van der Waals surface area contributed by atoms with Gasteiger partial charge >= 0.3 is 0 Å². The quantitative estimate of drug-likeness (QED) is 0.817. The van der Waals surface area contributed by atoms with Crippen LogP contribution >= 0.6 is 0 Å². The molecule has 1 saturated heterocycles. The number of hydrogen-bond acceptors (Lipinski definition) is 4. The van der Waals surface area contributed by atoms with Crippen LogP contribution in [0.4, 0.5) is 0 Å². The van der Waals surface area contributed by atoms with Crippen molar-refractivity contribution < 1.29 is 14.3 Å². The van der Waals surface area contributed by atoms with Gasteiger partial charge in [0.05, 0.1) is 25.3 Å². The van der Waals surface area contributed by atoms with Gasteiger partial charge in [0.15, 0.2) is 5.60 Å². The average Bonchev–Trinajstić information content (AvgIpc) is 2.78. The molecule has 0 bridgehead atoms. The summed E-state index contributed by atoms with van der Waals surface area (Å²) < 4.78 is 5.56. The smallest absolute Gasteiger partial charge is 0.253 e. The second kappa shape index (κ2) is 5.85. The summed E-state index contributed by atoms with van der Waals surface area (Å²) in [6, 6.07) is 0.